The number of benzene rings is 2. The molecular formula is C28H25ClF2N2O6. The zero-order valence-electron chi connectivity index (χ0n) is 20.9. The molecule has 0 unspecified atom stereocenters. The molecule has 4 aromatic rings. The van der Waals surface area contributed by atoms with Crippen LogP contribution < -0.4 is 5.56 Å². The molecule has 204 valence electrons. The maximum atomic E-state index is 14.9. The monoisotopic (exact) mass is 558 g/mol. The Bertz CT molecular complexity index is 1600. The molecule has 8 nitrogen and oxygen atoms in total. The molecule has 0 radical (unpaired) electrons. The normalized spacial score (nSPS) is 23.3. The van der Waals surface area contributed by atoms with Gasteiger partial charge < -0.3 is 24.8 Å². The maximum absolute atomic E-state index is 14.9. The Labute approximate surface area is 226 Å². The van der Waals surface area contributed by atoms with E-state index in [1.165, 1.54) is 22.9 Å². The molecular weight excluding hydrogens is 534 g/mol. The van der Waals surface area contributed by atoms with Gasteiger partial charge in [-0.05, 0) is 55.3 Å². The highest BCUT2D eigenvalue weighted by Crippen LogP contribution is 2.42. The van der Waals surface area contributed by atoms with E-state index in [2.05, 4.69) is 4.98 Å². The second kappa shape index (κ2) is 9.96. The number of aryl methyl sites for hydroxylation is 2. The number of oxazole rings is 1. The quantitative estimate of drug-likeness (QED) is 0.300. The third-order valence-electron chi connectivity index (χ3n) is 6.96. The first-order valence-electron chi connectivity index (χ1n) is 12.1. The van der Waals surface area contributed by atoms with Gasteiger partial charge in [-0.15, -0.1) is 0 Å². The van der Waals surface area contributed by atoms with Crippen molar-refractivity contribution in [1.82, 2.24) is 9.55 Å². The molecule has 0 spiro atoms. The summed E-state index contributed by atoms with van der Waals surface area (Å²) in [4.78, 5) is 17.3. The SMILES string of the molecule is Cc1cc(Cl)cc(C)c1-n1cc(-c2nc(C3(O)C[C@@H](O)C(O)[C@H](O)C3)oc2-c2ccc(F)cc2F)ccc1=O. The van der Waals surface area contributed by atoms with Gasteiger partial charge in [0.15, 0.2) is 5.76 Å². The number of hydrogen-bond acceptors (Lipinski definition) is 7. The van der Waals surface area contributed by atoms with Crippen molar-refractivity contribution in [2.45, 2.75) is 50.6 Å². The van der Waals surface area contributed by atoms with Crippen LogP contribution in [0.1, 0.15) is 29.9 Å². The molecule has 1 aliphatic rings. The Morgan fingerprint density at radius 3 is 2.28 bits per heavy atom. The predicted octanol–water partition coefficient (Wildman–Crippen LogP) is 3.77. The van der Waals surface area contributed by atoms with Gasteiger partial charge in [-0.25, -0.2) is 13.8 Å². The van der Waals surface area contributed by atoms with Gasteiger partial charge in [0, 0.05) is 41.8 Å². The molecule has 0 aliphatic heterocycles. The van der Waals surface area contributed by atoms with E-state index < -0.39 is 48.4 Å². The molecule has 0 amide bonds. The van der Waals surface area contributed by atoms with Gasteiger partial charge in [0.1, 0.15) is 29.0 Å². The maximum Gasteiger partial charge on any atom is 0.255 e. The van der Waals surface area contributed by atoms with Gasteiger partial charge in [-0.2, -0.15) is 0 Å². The lowest BCUT2D eigenvalue weighted by atomic mass is 9.79. The summed E-state index contributed by atoms with van der Waals surface area (Å²) in [5.41, 5.74) is -0.186. The molecule has 0 saturated heterocycles. The van der Waals surface area contributed by atoms with E-state index in [1.54, 1.807) is 26.0 Å². The van der Waals surface area contributed by atoms with Gasteiger partial charge in [0.25, 0.3) is 5.56 Å². The van der Waals surface area contributed by atoms with Crippen molar-refractivity contribution in [3.63, 3.8) is 0 Å². The molecule has 2 aromatic carbocycles. The van der Waals surface area contributed by atoms with E-state index in [9.17, 15) is 34.0 Å². The summed E-state index contributed by atoms with van der Waals surface area (Å²) in [6.07, 6.45) is -3.81. The van der Waals surface area contributed by atoms with Crippen molar-refractivity contribution in [2.75, 3.05) is 0 Å². The molecule has 1 aliphatic carbocycles. The Morgan fingerprint density at radius 2 is 1.67 bits per heavy atom. The van der Waals surface area contributed by atoms with Crippen LogP contribution in [0.5, 0.6) is 0 Å². The lowest BCUT2D eigenvalue weighted by Gasteiger charge is -2.38. The highest BCUT2D eigenvalue weighted by atomic mass is 35.5. The topological polar surface area (TPSA) is 129 Å². The first-order chi connectivity index (χ1) is 18.4. The summed E-state index contributed by atoms with van der Waals surface area (Å²) >= 11 is 6.16. The summed E-state index contributed by atoms with van der Waals surface area (Å²) in [7, 11) is 0. The fraction of sp³-hybridized carbons (Fsp3) is 0.286. The lowest BCUT2D eigenvalue weighted by Crippen LogP contribution is -2.51. The van der Waals surface area contributed by atoms with E-state index in [0.29, 0.717) is 22.3 Å². The van der Waals surface area contributed by atoms with Crippen molar-refractivity contribution < 1.29 is 33.6 Å². The first kappa shape index (κ1) is 27.2. The highest BCUT2D eigenvalue weighted by molar-refractivity contribution is 6.30. The van der Waals surface area contributed by atoms with Crippen LogP contribution in [0, 0.1) is 25.5 Å². The van der Waals surface area contributed by atoms with Crippen LogP contribution in [-0.4, -0.2) is 48.3 Å². The predicted molar refractivity (Wildman–Crippen MR) is 139 cm³/mol. The molecule has 39 heavy (non-hydrogen) atoms. The summed E-state index contributed by atoms with van der Waals surface area (Å²) in [6.45, 7) is 3.59. The van der Waals surface area contributed by atoms with Crippen molar-refractivity contribution in [3.05, 3.63) is 92.7 Å². The van der Waals surface area contributed by atoms with Crippen molar-refractivity contribution in [2.24, 2.45) is 0 Å². The van der Waals surface area contributed by atoms with Crippen LogP contribution >= 0.6 is 11.6 Å². The summed E-state index contributed by atoms with van der Waals surface area (Å²) in [5, 5.41) is 42.2. The first-order valence-corrected chi connectivity index (χ1v) is 12.5. The minimum Gasteiger partial charge on any atom is -0.437 e. The summed E-state index contributed by atoms with van der Waals surface area (Å²) < 4.78 is 35.9. The number of aromatic nitrogens is 2. The molecule has 1 saturated carbocycles. The second-order valence-corrected chi connectivity index (χ2v) is 10.3. The van der Waals surface area contributed by atoms with Crippen LogP contribution in [0.4, 0.5) is 8.78 Å². The molecule has 2 atom stereocenters. The third-order valence-corrected chi connectivity index (χ3v) is 7.18. The third kappa shape index (κ3) is 4.90. The Kier molecular flexibility index (Phi) is 6.94. The van der Waals surface area contributed by atoms with E-state index in [1.807, 2.05) is 0 Å². The Balaban J connectivity index is 1.72. The van der Waals surface area contributed by atoms with Gasteiger partial charge in [-0.3, -0.25) is 9.36 Å². The van der Waals surface area contributed by atoms with Gasteiger partial charge >= 0.3 is 0 Å². The Morgan fingerprint density at radius 1 is 1.03 bits per heavy atom. The number of pyridine rings is 1. The van der Waals surface area contributed by atoms with Gasteiger partial charge in [0.2, 0.25) is 5.89 Å². The fourth-order valence-electron chi connectivity index (χ4n) is 5.10. The number of halogens is 3. The average molecular weight is 559 g/mol. The second-order valence-electron chi connectivity index (χ2n) is 9.90. The largest absolute Gasteiger partial charge is 0.437 e. The zero-order chi connectivity index (χ0) is 28.2. The van der Waals surface area contributed by atoms with Crippen LogP contribution in [0.3, 0.4) is 0 Å². The minimum atomic E-state index is -2.01. The molecule has 2 heterocycles. The molecule has 5 rings (SSSR count). The van der Waals surface area contributed by atoms with Crippen LogP contribution in [0.25, 0.3) is 28.3 Å². The number of aliphatic hydroxyl groups is 4. The number of hydrogen-bond donors (Lipinski definition) is 4. The van der Waals surface area contributed by atoms with Crippen LogP contribution in [0.15, 0.2) is 57.9 Å². The van der Waals surface area contributed by atoms with Crippen molar-refractivity contribution in [1.29, 1.82) is 0 Å². The standard InChI is InChI=1S/C28H25ClF2N2O6/c1-13-7-16(29)8-14(2)24(13)33-12-15(3-6-22(33)36)23-26(18-5-4-17(30)9-19(18)31)39-27(32-23)28(38)10-20(34)25(37)21(35)11-28/h3-9,12,20-21,25,34-35,37-38H,10-11H2,1-2H3/t20-,21-,25?,28?/m1/s1. The van der Waals surface area contributed by atoms with Crippen molar-refractivity contribution in [3.8, 4) is 28.3 Å². The minimum absolute atomic E-state index is 0.0251. The smallest absolute Gasteiger partial charge is 0.255 e. The van der Waals surface area contributed by atoms with E-state index >= 15 is 0 Å². The van der Waals surface area contributed by atoms with E-state index in [-0.39, 0.29) is 28.5 Å². The molecule has 0 bridgehead atoms. The van der Waals surface area contributed by atoms with E-state index in [0.717, 1.165) is 23.3 Å². The fourth-order valence-corrected chi connectivity index (χ4v) is 5.43. The van der Waals surface area contributed by atoms with Gasteiger partial charge in [0.05, 0.1) is 23.5 Å². The number of aliphatic hydroxyl groups excluding tert-OH is 3. The number of nitrogens with zero attached hydrogens (tertiary/aromatic N) is 2. The molecule has 2 aromatic heterocycles. The lowest BCUT2D eigenvalue weighted by molar-refractivity contribution is -0.165. The molecule has 1 fully saturated rings. The van der Waals surface area contributed by atoms with Crippen molar-refractivity contribution >= 4 is 11.6 Å². The summed E-state index contributed by atoms with van der Waals surface area (Å²) in [5.74, 6) is -2.28. The Hall–Kier alpha value is -3.41. The summed E-state index contributed by atoms with van der Waals surface area (Å²) in [6, 6.07) is 9.01. The zero-order valence-corrected chi connectivity index (χ0v) is 21.7. The van der Waals surface area contributed by atoms with Crippen LogP contribution in [-0.2, 0) is 5.60 Å². The molecule has 11 heteroatoms. The number of rotatable bonds is 4. The average Bonchev–Trinajstić information content (AvgIpc) is 3.29. The molecule has 4 N–H and O–H groups in total. The van der Waals surface area contributed by atoms with Crippen LogP contribution in [0.2, 0.25) is 5.02 Å². The highest BCUT2D eigenvalue weighted by Gasteiger charge is 2.48. The van der Waals surface area contributed by atoms with Gasteiger partial charge in [-0.1, -0.05) is 11.6 Å². The van der Waals surface area contributed by atoms with E-state index in [4.69, 9.17) is 16.0 Å².